The van der Waals surface area contributed by atoms with E-state index >= 15 is 0 Å². The predicted octanol–water partition coefficient (Wildman–Crippen LogP) is -0.180. The van der Waals surface area contributed by atoms with Crippen LogP contribution in [0.2, 0.25) is 0 Å². The van der Waals surface area contributed by atoms with Gasteiger partial charge in [0.05, 0.1) is 0 Å². The molecule has 0 radical (unpaired) electrons. The first-order chi connectivity index (χ1) is 3.56. The minimum Gasteiger partial charge on any atom is -0.269 e. The maximum absolute atomic E-state index is 10.9. The molecule has 0 saturated heterocycles. The van der Waals surface area contributed by atoms with Crippen molar-refractivity contribution >= 4 is 10.3 Å². The third-order valence-corrected chi connectivity index (χ3v) is 0.714. The van der Waals surface area contributed by atoms with Gasteiger partial charge in [0.25, 0.3) is 0 Å². The summed E-state index contributed by atoms with van der Waals surface area (Å²) in [6, 6.07) is 0. The van der Waals surface area contributed by atoms with Crippen molar-refractivity contribution in [3.05, 3.63) is 12.5 Å². The summed E-state index contributed by atoms with van der Waals surface area (Å²) in [6.45, 7) is 0. The normalized spacial score (nSPS) is 12.2. The van der Waals surface area contributed by atoms with Crippen LogP contribution < -0.4 is 4.72 Å². The van der Waals surface area contributed by atoms with Gasteiger partial charge >= 0.3 is 10.3 Å². The average Bonchev–Trinajstić information content (AvgIpc) is 1.59. The third-order valence-electron chi connectivity index (χ3n) is 0.280. The highest BCUT2D eigenvalue weighted by atomic mass is 32.2. The third kappa shape index (κ3) is 5.38. The quantitative estimate of drug-likeness (QED) is 0.524. The second kappa shape index (κ2) is 2.63. The van der Waals surface area contributed by atoms with E-state index in [1.807, 2.05) is 0 Å². The van der Waals surface area contributed by atoms with Crippen molar-refractivity contribution in [3.63, 3.8) is 0 Å². The van der Waals surface area contributed by atoms with Crippen LogP contribution in [0.4, 0.5) is 4.39 Å². The van der Waals surface area contributed by atoms with E-state index in [-0.39, 0.29) is 6.33 Å². The van der Waals surface area contributed by atoms with Gasteiger partial charge in [-0.2, -0.15) is 8.42 Å². The van der Waals surface area contributed by atoms with E-state index in [0.717, 1.165) is 0 Å². The highest BCUT2D eigenvalue weighted by molar-refractivity contribution is 7.83. The van der Waals surface area contributed by atoms with E-state index in [2.05, 4.69) is 0 Å². The maximum Gasteiger partial charge on any atom is 0.357 e. The van der Waals surface area contributed by atoms with Crippen LogP contribution in [-0.4, -0.2) is 13.0 Å². The molecule has 0 aliphatic rings. The molecule has 0 heterocycles. The second-order valence-corrected chi connectivity index (χ2v) is 2.07. The summed E-state index contributed by atoms with van der Waals surface area (Å²) >= 11 is 0. The van der Waals surface area contributed by atoms with Crippen molar-refractivity contribution < 1.29 is 17.4 Å². The molecule has 0 spiro atoms. The molecule has 2 N–H and O–H groups in total. The molecule has 0 atom stereocenters. The maximum atomic E-state index is 10.9. The van der Waals surface area contributed by atoms with E-state index < -0.39 is 10.3 Å². The van der Waals surface area contributed by atoms with Crippen LogP contribution in [0, 0.1) is 0 Å². The van der Waals surface area contributed by atoms with E-state index in [1.54, 1.807) is 0 Å². The molecule has 48 valence electrons. The molecule has 4 nitrogen and oxygen atoms in total. The standard InChI is InChI=1S/C2H4FNO3S/c3-1-2-4-8(5,6)7/h1-2,4H,(H,5,6,7)/b2-1+. The SMILES string of the molecule is O=S(=O)(O)N/C=C/F. The molecule has 0 aromatic rings. The van der Waals surface area contributed by atoms with Crippen molar-refractivity contribution in [3.8, 4) is 0 Å². The fourth-order valence-electron chi connectivity index (χ4n) is 0.112. The van der Waals surface area contributed by atoms with Gasteiger partial charge in [0.2, 0.25) is 0 Å². The molecule has 0 aromatic carbocycles. The molecule has 6 heteroatoms. The summed E-state index contributed by atoms with van der Waals surface area (Å²) in [5, 5.41) is 0. The topological polar surface area (TPSA) is 66.4 Å². The Bertz CT molecular complexity index is 172. The summed E-state index contributed by atoms with van der Waals surface area (Å²) in [4.78, 5) is 0. The van der Waals surface area contributed by atoms with Crippen molar-refractivity contribution in [1.29, 1.82) is 0 Å². The zero-order valence-electron chi connectivity index (χ0n) is 3.70. The van der Waals surface area contributed by atoms with Gasteiger partial charge in [0, 0.05) is 6.20 Å². The first-order valence-corrected chi connectivity index (χ1v) is 3.00. The average molecular weight is 141 g/mol. The second-order valence-electron chi connectivity index (χ2n) is 0.886. The molecule has 0 unspecified atom stereocenters. The molecular weight excluding hydrogens is 137 g/mol. The lowest BCUT2D eigenvalue weighted by molar-refractivity contribution is 0.475. The molecule has 0 saturated carbocycles. The summed E-state index contributed by atoms with van der Waals surface area (Å²) < 4.78 is 39.3. The van der Waals surface area contributed by atoms with Crippen LogP contribution in [0.25, 0.3) is 0 Å². The highest BCUT2D eigenvalue weighted by Gasteiger charge is 1.94. The Hall–Kier alpha value is -0.620. The molecule has 8 heavy (non-hydrogen) atoms. The summed E-state index contributed by atoms with van der Waals surface area (Å²) in [5.41, 5.74) is 0. The fraction of sp³-hybridized carbons (Fsp3) is 0. The Kier molecular flexibility index (Phi) is 2.43. The summed E-state index contributed by atoms with van der Waals surface area (Å²) in [5.74, 6) is 0. The number of halogens is 1. The summed E-state index contributed by atoms with van der Waals surface area (Å²) in [7, 11) is -4.26. The molecule has 0 fully saturated rings. The summed E-state index contributed by atoms with van der Waals surface area (Å²) in [6.07, 6.45) is 0.406. The van der Waals surface area contributed by atoms with Crippen molar-refractivity contribution in [2.45, 2.75) is 0 Å². The van der Waals surface area contributed by atoms with Gasteiger partial charge in [0.1, 0.15) is 6.33 Å². The van der Waals surface area contributed by atoms with E-state index in [0.29, 0.717) is 6.20 Å². The van der Waals surface area contributed by atoms with Crippen LogP contribution in [0.3, 0.4) is 0 Å². The van der Waals surface area contributed by atoms with Gasteiger partial charge in [-0.3, -0.25) is 9.27 Å². The molecule has 0 aromatic heterocycles. The monoisotopic (exact) mass is 141 g/mol. The Labute approximate surface area is 45.9 Å². The molecule has 0 rings (SSSR count). The van der Waals surface area contributed by atoms with Gasteiger partial charge in [0.15, 0.2) is 0 Å². The lowest BCUT2D eigenvalue weighted by Gasteiger charge is -1.88. The minimum absolute atomic E-state index is 0.0478. The smallest absolute Gasteiger partial charge is 0.269 e. The zero-order chi connectivity index (χ0) is 6.62. The van der Waals surface area contributed by atoms with E-state index in [4.69, 9.17) is 4.55 Å². The van der Waals surface area contributed by atoms with Gasteiger partial charge in [-0.25, -0.2) is 4.39 Å². The zero-order valence-corrected chi connectivity index (χ0v) is 4.52. The number of rotatable bonds is 2. The first-order valence-electron chi connectivity index (χ1n) is 1.56. The van der Waals surface area contributed by atoms with Crippen LogP contribution in [0.5, 0.6) is 0 Å². The Balaban J connectivity index is 3.76. The largest absolute Gasteiger partial charge is 0.357 e. The Morgan fingerprint density at radius 3 is 2.25 bits per heavy atom. The fourth-order valence-corrected chi connectivity index (χ4v) is 0.335. The first kappa shape index (κ1) is 7.38. The number of hydrogen-bond acceptors (Lipinski definition) is 2. The van der Waals surface area contributed by atoms with Gasteiger partial charge in [-0.15, -0.1) is 0 Å². The van der Waals surface area contributed by atoms with Gasteiger partial charge < -0.3 is 0 Å². The molecule has 0 aliphatic heterocycles. The van der Waals surface area contributed by atoms with Crippen LogP contribution in [0.1, 0.15) is 0 Å². The Morgan fingerprint density at radius 1 is 1.62 bits per heavy atom. The van der Waals surface area contributed by atoms with Crippen LogP contribution in [-0.2, 0) is 10.3 Å². The van der Waals surface area contributed by atoms with Gasteiger partial charge in [-0.05, 0) is 0 Å². The lowest BCUT2D eigenvalue weighted by atomic mass is 11.1. The Morgan fingerprint density at radius 2 is 2.12 bits per heavy atom. The van der Waals surface area contributed by atoms with Crippen LogP contribution >= 0.6 is 0 Å². The van der Waals surface area contributed by atoms with Crippen LogP contribution in [0.15, 0.2) is 12.5 Å². The molecule has 0 amide bonds. The van der Waals surface area contributed by atoms with Gasteiger partial charge in [-0.1, -0.05) is 0 Å². The van der Waals surface area contributed by atoms with Crippen molar-refractivity contribution in [2.24, 2.45) is 0 Å². The molecule has 0 bridgehead atoms. The lowest BCUT2D eigenvalue weighted by Crippen LogP contribution is -2.15. The van der Waals surface area contributed by atoms with E-state index in [9.17, 15) is 12.8 Å². The van der Waals surface area contributed by atoms with Crippen molar-refractivity contribution in [2.75, 3.05) is 0 Å². The molecular formula is C2H4FNO3S. The van der Waals surface area contributed by atoms with Crippen molar-refractivity contribution in [1.82, 2.24) is 4.72 Å². The number of nitrogens with one attached hydrogen (secondary N) is 1. The minimum atomic E-state index is -4.26. The highest BCUT2D eigenvalue weighted by Crippen LogP contribution is 1.72. The number of hydrogen-bond donors (Lipinski definition) is 2. The van der Waals surface area contributed by atoms with E-state index in [1.165, 1.54) is 4.72 Å². The molecule has 0 aliphatic carbocycles. The predicted molar refractivity (Wildman–Crippen MR) is 24.9 cm³/mol.